The summed E-state index contributed by atoms with van der Waals surface area (Å²) >= 11 is 1.65. The Morgan fingerprint density at radius 2 is 2.16 bits per heavy atom. The molecule has 98 valence electrons. The summed E-state index contributed by atoms with van der Waals surface area (Å²) in [5.74, 6) is 0.675. The first kappa shape index (κ1) is 13.6. The number of hydrogen-bond donors (Lipinski definition) is 1. The van der Waals surface area contributed by atoms with Gasteiger partial charge in [-0.1, -0.05) is 6.07 Å². The van der Waals surface area contributed by atoms with Gasteiger partial charge in [0.25, 0.3) is 0 Å². The molecule has 2 unspecified atom stereocenters. The number of benzene rings is 1. The number of thiophene rings is 1. The monoisotopic (exact) mass is 272 g/mol. The summed E-state index contributed by atoms with van der Waals surface area (Å²) in [4.78, 5) is 1.14. The van der Waals surface area contributed by atoms with Crippen molar-refractivity contribution >= 4 is 11.3 Å². The van der Waals surface area contributed by atoms with Crippen LogP contribution in [0, 0.1) is 18.3 Å². The second-order valence-electron chi connectivity index (χ2n) is 4.51. The minimum atomic E-state index is -0.186. The lowest BCUT2D eigenvalue weighted by Gasteiger charge is -2.22. The molecule has 19 heavy (non-hydrogen) atoms. The van der Waals surface area contributed by atoms with E-state index in [4.69, 9.17) is 15.7 Å². The number of nitrogens with two attached hydrogens (primary N) is 1. The van der Waals surface area contributed by atoms with Gasteiger partial charge < -0.3 is 10.5 Å². The summed E-state index contributed by atoms with van der Waals surface area (Å²) in [5.41, 5.74) is 7.80. The van der Waals surface area contributed by atoms with Crippen LogP contribution in [0.1, 0.15) is 29.0 Å². The molecule has 0 spiro atoms. The zero-order chi connectivity index (χ0) is 13.8. The highest BCUT2D eigenvalue weighted by Gasteiger charge is 2.21. The van der Waals surface area contributed by atoms with Gasteiger partial charge in [0.05, 0.1) is 11.6 Å². The third-order valence-corrected chi connectivity index (χ3v) is 3.94. The lowest BCUT2D eigenvalue weighted by atomic mass is 10.1. The first-order valence-corrected chi connectivity index (χ1v) is 6.96. The van der Waals surface area contributed by atoms with E-state index in [1.807, 2.05) is 24.4 Å². The highest BCUT2D eigenvalue weighted by molar-refractivity contribution is 7.10. The first-order chi connectivity index (χ1) is 9.11. The van der Waals surface area contributed by atoms with Crippen molar-refractivity contribution < 1.29 is 4.74 Å². The van der Waals surface area contributed by atoms with E-state index in [1.54, 1.807) is 23.5 Å². The highest BCUT2D eigenvalue weighted by Crippen LogP contribution is 2.30. The quantitative estimate of drug-likeness (QED) is 0.928. The lowest BCUT2D eigenvalue weighted by molar-refractivity contribution is 0.183. The van der Waals surface area contributed by atoms with E-state index < -0.39 is 0 Å². The fraction of sp³-hybridized carbons (Fsp3) is 0.267. The smallest absolute Gasteiger partial charge is 0.148 e. The fourth-order valence-electron chi connectivity index (χ4n) is 1.86. The molecule has 0 fully saturated rings. The molecule has 0 saturated carbocycles. The molecular formula is C15H16N2OS. The van der Waals surface area contributed by atoms with Crippen molar-refractivity contribution in [2.75, 3.05) is 0 Å². The standard InChI is InChI=1S/C15H16N2OS/c1-10-6-7-19-15(10)14(11(2)17)18-13-5-3-4-12(8-13)9-16/h3-8,11,14H,17H2,1-2H3. The molecule has 0 bridgehead atoms. The van der Waals surface area contributed by atoms with Crippen LogP contribution in [0.15, 0.2) is 35.7 Å². The summed E-state index contributed by atoms with van der Waals surface area (Å²) < 4.78 is 5.98. The normalized spacial score (nSPS) is 13.6. The number of aryl methyl sites for hydroxylation is 1. The molecule has 0 aliphatic carbocycles. The minimum absolute atomic E-state index is 0.122. The highest BCUT2D eigenvalue weighted by atomic mass is 32.1. The van der Waals surface area contributed by atoms with Gasteiger partial charge in [0, 0.05) is 10.9 Å². The van der Waals surface area contributed by atoms with Crippen LogP contribution in [0.5, 0.6) is 5.75 Å². The van der Waals surface area contributed by atoms with E-state index in [0.717, 1.165) is 4.88 Å². The molecule has 2 atom stereocenters. The summed E-state index contributed by atoms with van der Waals surface area (Å²) in [6.07, 6.45) is -0.186. The third kappa shape index (κ3) is 3.14. The Kier molecular flexibility index (Phi) is 4.20. The molecule has 0 aliphatic rings. The van der Waals surface area contributed by atoms with Crippen molar-refractivity contribution in [2.24, 2.45) is 5.73 Å². The van der Waals surface area contributed by atoms with Gasteiger partial charge in [0.2, 0.25) is 0 Å². The van der Waals surface area contributed by atoms with Gasteiger partial charge in [-0.15, -0.1) is 11.3 Å². The Balaban J connectivity index is 2.27. The summed E-state index contributed by atoms with van der Waals surface area (Å²) in [6, 6.07) is 11.2. The van der Waals surface area contributed by atoms with E-state index in [0.29, 0.717) is 11.3 Å². The fourth-order valence-corrected chi connectivity index (χ4v) is 2.93. The predicted octanol–water partition coefficient (Wildman–Crippen LogP) is 3.40. The van der Waals surface area contributed by atoms with Gasteiger partial charge in [-0.3, -0.25) is 0 Å². The maximum absolute atomic E-state index is 8.91. The molecular weight excluding hydrogens is 256 g/mol. The van der Waals surface area contributed by atoms with Gasteiger partial charge in [-0.2, -0.15) is 5.26 Å². The first-order valence-electron chi connectivity index (χ1n) is 6.08. The van der Waals surface area contributed by atoms with E-state index in [2.05, 4.69) is 19.1 Å². The molecule has 0 amide bonds. The Hall–Kier alpha value is -1.83. The van der Waals surface area contributed by atoms with Crippen LogP contribution in [0.25, 0.3) is 0 Å². The molecule has 1 aromatic carbocycles. The number of nitrogens with zero attached hydrogens (tertiary/aromatic N) is 1. The van der Waals surface area contributed by atoms with Gasteiger partial charge >= 0.3 is 0 Å². The van der Waals surface area contributed by atoms with Gasteiger partial charge in [0.15, 0.2) is 0 Å². The number of hydrogen-bond acceptors (Lipinski definition) is 4. The van der Waals surface area contributed by atoms with Crippen molar-refractivity contribution in [3.63, 3.8) is 0 Å². The molecule has 4 heteroatoms. The maximum Gasteiger partial charge on any atom is 0.148 e. The molecule has 0 aliphatic heterocycles. The van der Waals surface area contributed by atoms with Crippen LogP contribution in [-0.2, 0) is 0 Å². The Morgan fingerprint density at radius 1 is 1.37 bits per heavy atom. The van der Waals surface area contributed by atoms with E-state index in [9.17, 15) is 0 Å². The number of rotatable bonds is 4. The van der Waals surface area contributed by atoms with Crippen LogP contribution >= 0.6 is 11.3 Å². The van der Waals surface area contributed by atoms with E-state index >= 15 is 0 Å². The lowest BCUT2D eigenvalue weighted by Crippen LogP contribution is -2.28. The third-order valence-electron chi connectivity index (χ3n) is 2.86. The van der Waals surface area contributed by atoms with Crippen LogP contribution in [0.2, 0.25) is 0 Å². The van der Waals surface area contributed by atoms with Gasteiger partial charge in [-0.25, -0.2) is 0 Å². The maximum atomic E-state index is 8.91. The zero-order valence-electron chi connectivity index (χ0n) is 11.0. The molecule has 2 rings (SSSR count). The molecule has 1 aromatic heterocycles. The van der Waals surface area contributed by atoms with Gasteiger partial charge in [-0.05, 0) is 49.1 Å². The summed E-state index contributed by atoms with van der Waals surface area (Å²) in [7, 11) is 0. The Bertz CT molecular complexity index is 598. The van der Waals surface area contributed by atoms with E-state index in [-0.39, 0.29) is 12.1 Å². The van der Waals surface area contributed by atoms with Gasteiger partial charge in [0.1, 0.15) is 11.9 Å². The van der Waals surface area contributed by atoms with Crippen LogP contribution in [0.3, 0.4) is 0 Å². The molecule has 0 radical (unpaired) electrons. The van der Waals surface area contributed by atoms with Crippen molar-refractivity contribution in [1.82, 2.24) is 0 Å². The predicted molar refractivity (Wildman–Crippen MR) is 77.2 cm³/mol. The summed E-state index contributed by atoms with van der Waals surface area (Å²) in [6.45, 7) is 3.98. The molecule has 3 nitrogen and oxygen atoms in total. The SMILES string of the molecule is Cc1ccsc1C(Oc1cccc(C#N)c1)C(C)N. The average molecular weight is 272 g/mol. The minimum Gasteiger partial charge on any atom is -0.483 e. The van der Waals surface area contributed by atoms with Crippen molar-refractivity contribution in [2.45, 2.75) is 26.0 Å². The topological polar surface area (TPSA) is 59.0 Å². The number of ether oxygens (including phenoxy) is 1. The summed E-state index contributed by atoms with van der Waals surface area (Å²) in [5, 5.41) is 10.9. The zero-order valence-corrected chi connectivity index (χ0v) is 11.8. The van der Waals surface area contributed by atoms with Crippen molar-refractivity contribution in [3.8, 4) is 11.8 Å². The molecule has 2 aromatic rings. The molecule has 1 heterocycles. The van der Waals surface area contributed by atoms with Crippen molar-refractivity contribution in [3.05, 3.63) is 51.7 Å². The average Bonchev–Trinajstić information content (AvgIpc) is 2.82. The van der Waals surface area contributed by atoms with Crippen LogP contribution < -0.4 is 10.5 Å². The van der Waals surface area contributed by atoms with Crippen LogP contribution in [-0.4, -0.2) is 6.04 Å². The second-order valence-corrected chi connectivity index (χ2v) is 5.45. The molecule has 0 saturated heterocycles. The second kappa shape index (κ2) is 5.87. The largest absolute Gasteiger partial charge is 0.483 e. The Labute approximate surface area is 117 Å². The Morgan fingerprint density at radius 3 is 2.74 bits per heavy atom. The van der Waals surface area contributed by atoms with E-state index in [1.165, 1.54) is 5.56 Å². The van der Waals surface area contributed by atoms with Crippen LogP contribution in [0.4, 0.5) is 0 Å². The molecule has 2 N–H and O–H groups in total. The van der Waals surface area contributed by atoms with Crippen molar-refractivity contribution in [1.29, 1.82) is 5.26 Å². The number of nitriles is 1.